The van der Waals surface area contributed by atoms with Gasteiger partial charge in [-0.15, -0.1) is 0 Å². The van der Waals surface area contributed by atoms with Crippen LogP contribution < -0.4 is 4.74 Å². The molecule has 1 aromatic rings. The minimum atomic E-state index is 0.574. The van der Waals surface area contributed by atoms with Crippen LogP contribution in [-0.2, 0) is 6.42 Å². The zero-order valence-corrected chi connectivity index (χ0v) is 10.9. The summed E-state index contributed by atoms with van der Waals surface area (Å²) in [6.07, 6.45) is 1.95. The SMILES string of the molecule is COc1c(Cl)cc(Cl)cc1CCCBr. The van der Waals surface area contributed by atoms with Gasteiger partial charge in [-0.25, -0.2) is 0 Å². The summed E-state index contributed by atoms with van der Waals surface area (Å²) in [6, 6.07) is 3.59. The standard InChI is InChI=1S/C10H11BrCl2O/c1-14-10-7(3-2-4-11)5-8(12)6-9(10)13/h5-6H,2-4H2,1H3. The van der Waals surface area contributed by atoms with E-state index in [1.165, 1.54) is 0 Å². The maximum atomic E-state index is 5.99. The fourth-order valence-corrected chi connectivity index (χ4v) is 2.18. The summed E-state index contributed by atoms with van der Waals surface area (Å²) in [5.74, 6) is 0.733. The van der Waals surface area contributed by atoms with Gasteiger partial charge in [-0.05, 0) is 30.5 Å². The molecule has 0 bridgehead atoms. The van der Waals surface area contributed by atoms with E-state index in [0.29, 0.717) is 10.0 Å². The van der Waals surface area contributed by atoms with Crippen molar-refractivity contribution in [3.63, 3.8) is 0 Å². The first-order valence-corrected chi connectivity index (χ1v) is 6.14. The number of aryl methyl sites for hydroxylation is 1. The van der Waals surface area contributed by atoms with Gasteiger partial charge in [0.15, 0.2) is 0 Å². The largest absolute Gasteiger partial charge is 0.495 e. The van der Waals surface area contributed by atoms with Crippen molar-refractivity contribution in [1.29, 1.82) is 0 Å². The first-order valence-electron chi connectivity index (χ1n) is 4.27. The van der Waals surface area contributed by atoms with Crippen LogP contribution in [0.4, 0.5) is 0 Å². The lowest BCUT2D eigenvalue weighted by Gasteiger charge is -2.10. The summed E-state index contributed by atoms with van der Waals surface area (Å²) in [7, 11) is 1.62. The van der Waals surface area contributed by atoms with E-state index in [-0.39, 0.29) is 0 Å². The van der Waals surface area contributed by atoms with Crippen LogP contribution in [0, 0.1) is 0 Å². The highest BCUT2D eigenvalue weighted by molar-refractivity contribution is 9.09. The van der Waals surface area contributed by atoms with E-state index in [4.69, 9.17) is 27.9 Å². The van der Waals surface area contributed by atoms with Gasteiger partial charge in [-0.3, -0.25) is 0 Å². The molecule has 78 valence electrons. The van der Waals surface area contributed by atoms with Crippen molar-refractivity contribution in [2.24, 2.45) is 0 Å². The molecule has 1 aromatic carbocycles. The summed E-state index contributed by atoms with van der Waals surface area (Å²) in [6.45, 7) is 0. The lowest BCUT2D eigenvalue weighted by molar-refractivity contribution is 0.409. The van der Waals surface area contributed by atoms with E-state index >= 15 is 0 Å². The van der Waals surface area contributed by atoms with Crippen molar-refractivity contribution < 1.29 is 4.74 Å². The van der Waals surface area contributed by atoms with Crippen molar-refractivity contribution in [1.82, 2.24) is 0 Å². The average molecular weight is 298 g/mol. The quantitative estimate of drug-likeness (QED) is 0.752. The van der Waals surface area contributed by atoms with Gasteiger partial charge in [0.05, 0.1) is 12.1 Å². The van der Waals surface area contributed by atoms with Crippen LogP contribution in [-0.4, -0.2) is 12.4 Å². The first kappa shape index (κ1) is 12.2. The Morgan fingerprint density at radius 1 is 1.36 bits per heavy atom. The second kappa shape index (κ2) is 5.84. The molecule has 0 N–H and O–H groups in total. The minimum Gasteiger partial charge on any atom is -0.495 e. The summed E-state index contributed by atoms with van der Waals surface area (Å²) in [4.78, 5) is 0. The van der Waals surface area contributed by atoms with E-state index in [1.807, 2.05) is 6.07 Å². The topological polar surface area (TPSA) is 9.23 Å². The Labute approximate surface area is 102 Å². The lowest BCUT2D eigenvalue weighted by atomic mass is 10.1. The Hall–Kier alpha value is 0.0800. The Balaban J connectivity index is 2.99. The highest BCUT2D eigenvalue weighted by Gasteiger charge is 2.08. The van der Waals surface area contributed by atoms with E-state index in [9.17, 15) is 0 Å². The summed E-state index contributed by atoms with van der Waals surface area (Å²) in [5.41, 5.74) is 1.06. The molecule has 0 aliphatic carbocycles. The van der Waals surface area contributed by atoms with Crippen LogP contribution in [0.15, 0.2) is 12.1 Å². The Bertz CT molecular complexity index is 315. The second-order valence-electron chi connectivity index (χ2n) is 2.87. The molecule has 1 rings (SSSR count). The molecule has 14 heavy (non-hydrogen) atoms. The third kappa shape index (κ3) is 3.04. The van der Waals surface area contributed by atoms with Crippen molar-refractivity contribution in [2.75, 3.05) is 12.4 Å². The van der Waals surface area contributed by atoms with Gasteiger partial charge in [0.25, 0.3) is 0 Å². The van der Waals surface area contributed by atoms with Crippen LogP contribution in [0.25, 0.3) is 0 Å². The molecule has 0 aliphatic heterocycles. The Morgan fingerprint density at radius 2 is 2.07 bits per heavy atom. The van der Waals surface area contributed by atoms with E-state index in [1.54, 1.807) is 13.2 Å². The second-order valence-corrected chi connectivity index (χ2v) is 4.51. The van der Waals surface area contributed by atoms with Crippen molar-refractivity contribution in [2.45, 2.75) is 12.8 Å². The number of rotatable bonds is 4. The fraction of sp³-hybridized carbons (Fsp3) is 0.400. The molecule has 0 atom stereocenters. The highest BCUT2D eigenvalue weighted by Crippen LogP contribution is 2.32. The number of hydrogen-bond acceptors (Lipinski definition) is 1. The molecule has 0 unspecified atom stereocenters. The average Bonchev–Trinajstić information content (AvgIpc) is 2.14. The maximum Gasteiger partial charge on any atom is 0.140 e. The number of hydrogen-bond donors (Lipinski definition) is 0. The number of ether oxygens (including phenoxy) is 1. The van der Waals surface area contributed by atoms with E-state index < -0.39 is 0 Å². The van der Waals surface area contributed by atoms with Crippen LogP contribution in [0.2, 0.25) is 10.0 Å². The Kier molecular flexibility index (Phi) is 5.07. The molecule has 0 heterocycles. The normalized spacial score (nSPS) is 10.3. The zero-order valence-electron chi connectivity index (χ0n) is 7.82. The van der Waals surface area contributed by atoms with E-state index in [2.05, 4.69) is 15.9 Å². The molecule has 0 saturated carbocycles. The third-order valence-corrected chi connectivity index (χ3v) is 2.93. The molecule has 1 nitrogen and oxygen atoms in total. The van der Waals surface area contributed by atoms with E-state index in [0.717, 1.165) is 29.5 Å². The fourth-order valence-electron chi connectivity index (χ4n) is 1.29. The van der Waals surface area contributed by atoms with Crippen molar-refractivity contribution in [3.8, 4) is 5.75 Å². The molecule has 0 aromatic heterocycles. The van der Waals surface area contributed by atoms with Gasteiger partial charge in [-0.1, -0.05) is 39.1 Å². The summed E-state index contributed by atoms with van der Waals surface area (Å²) < 4.78 is 5.22. The van der Waals surface area contributed by atoms with Crippen LogP contribution in [0.3, 0.4) is 0 Å². The minimum absolute atomic E-state index is 0.574. The number of halogens is 3. The van der Waals surface area contributed by atoms with Crippen LogP contribution in [0.5, 0.6) is 5.75 Å². The van der Waals surface area contributed by atoms with Gasteiger partial charge < -0.3 is 4.74 Å². The molecule has 0 fully saturated rings. The number of alkyl halides is 1. The summed E-state index contributed by atoms with van der Waals surface area (Å²) >= 11 is 15.3. The predicted molar refractivity (Wildman–Crippen MR) is 65.1 cm³/mol. The third-order valence-electron chi connectivity index (χ3n) is 1.87. The van der Waals surface area contributed by atoms with Crippen molar-refractivity contribution >= 4 is 39.1 Å². The first-order chi connectivity index (χ1) is 6.69. The van der Waals surface area contributed by atoms with Gasteiger partial charge in [0, 0.05) is 10.4 Å². The maximum absolute atomic E-state index is 5.99. The molecule has 4 heteroatoms. The van der Waals surface area contributed by atoms with Gasteiger partial charge in [0.1, 0.15) is 5.75 Å². The van der Waals surface area contributed by atoms with Crippen LogP contribution in [0.1, 0.15) is 12.0 Å². The number of methoxy groups -OCH3 is 1. The summed E-state index contributed by atoms with van der Waals surface area (Å²) in [5, 5.41) is 2.19. The molecule has 0 aliphatic rings. The molecule has 0 radical (unpaired) electrons. The van der Waals surface area contributed by atoms with Gasteiger partial charge in [-0.2, -0.15) is 0 Å². The molecule has 0 spiro atoms. The van der Waals surface area contributed by atoms with Crippen LogP contribution >= 0.6 is 39.1 Å². The number of benzene rings is 1. The zero-order chi connectivity index (χ0) is 10.6. The molecule has 0 amide bonds. The predicted octanol–water partition coefficient (Wildman–Crippen LogP) is 4.33. The van der Waals surface area contributed by atoms with Gasteiger partial charge in [0.2, 0.25) is 0 Å². The highest BCUT2D eigenvalue weighted by atomic mass is 79.9. The Morgan fingerprint density at radius 3 is 2.64 bits per heavy atom. The monoisotopic (exact) mass is 296 g/mol. The lowest BCUT2D eigenvalue weighted by Crippen LogP contribution is -1.94. The van der Waals surface area contributed by atoms with Gasteiger partial charge >= 0.3 is 0 Å². The molecule has 0 saturated heterocycles. The smallest absolute Gasteiger partial charge is 0.140 e. The van der Waals surface area contributed by atoms with Crippen molar-refractivity contribution in [3.05, 3.63) is 27.7 Å². The molecular formula is C10H11BrCl2O. The molecular weight excluding hydrogens is 287 g/mol.